The lowest BCUT2D eigenvalue weighted by Gasteiger charge is -2.20. The van der Waals surface area contributed by atoms with Crippen molar-refractivity contribution in [2.75, 3.05) is 19.7 Å². The van der Waals surface area contributed by atoms with Crippen LogP contribution in [0.2, 0.25) is 0 Å². The van der Waals surface area contributed by atoms with E-state index in [0.29, 0.717) is 18.7 Å². The normalized spacial score (nSPS) is 17.8. The summed E-state index contributed by atoms with van der Waals surface area (Å²) in [5, 5.41) is 3.06. The van der Waals surface area contributed by atoms with Gasteiger partial charge in [-0.25, -0.2) is 0 Å². The molecule has 6 nitrogen and oxygen atoms in total. The Morgan fingerprint density at radius 1 is 1.36 bits per heavy atom. The first kappa shape index (κ1) is 18.2. The van der Waals surface area contributed by atoms with E-state index < -0.39 is 10.1 Å². The van der Waals surface area contributed by atoms with Gasteiger partial charge in [-0.15, -0.1) is 0 Å². The third-order valence-electron chi connectivity index (χ3n) is 2.86. The molecule has 0 aromatic heterocycles. The lowest BCUT2D eigenvalue weighted by Crippen LogP contribution is -2.42. The third-order valence-corrected chi connectivity index (χ3v) is 3.79. The Morgan fingerprint density at radius 3 is 2.50 bits per heavy atom. The van der Waals surface area contributed by atoms with Crippen LogP contribution in [0.15, 0.2) is 48.4 Å². The Labute approximate surface area is 130 Å². The van der Waals surface area contributed by atoms with Crippen LogP contribution in [0.4, 0.5) is 0 Å². The van der Waals surface area contributed by atoms with Crippen molar-refractivity contribution in [2.45, 2.75) is 11.0 Å². The van der Waals surface area contributed by atoms with Gasteiger partial charge in [0.25, 0.3) is 10.1 Å². The number of hydrogen-bond donors (Lipinski definition) is 2. The smallest absolute Gasteiger partial charge is 0.295 e. The topological polar surface area (TPSA) is 92.7 Å². The van der Waals surface area contributed by atoms with E-state index in [9.17, 15) is 13.2 Å². The van der Waals surface area contributed by atoms with E-state index in [1.54, 1.807) is 12.1 Å². The molecular weight excluding hydrogens is 306 g/mol. The van der Waals surface area contributed by atoms with E-state index in [-0.39, 0.29) is 16.8 Å². The highest BCUT2D eigenvalue weighted by molar-refractivity contribution is 7.85. The summed E-state index contributed by atoms with van der Waals surface area (Å²) in [4.78, 5) is 10.8. The molecule has 1 aliphatic rings. The third kappa shape index (κ3) is 5.53. The first-order chi connectivity index (χ1) is 10.4. The van der Waals surface area contributed by atoms with Crippen molar-refractivity contribution >= 4 is 22.0 Å². The summed E-state index contributed by atoms with van der Waals surface area (Å²) in [5.74, 6) is -0.0350. The van der Waals surface area contributed by atoms with Crippen LogP contribution in [0, 0.1) is 0 Å². The van der Waals surface area contributed by atoms with Crippen molar-refractivity contribution in [1.82, 2.24) is 5.32 Å². The van der Waals surface area contributed by atoms with Gasteiger partial charge in [0.05, 0.1) is 6.61 Å². The predicted octanol–water partition coefficient (Wildman–Crippen LogP) is 1.31. The molecule has 1 aliphatic heterocycles. The zero-order valence-electron chi connectivity index (χ0n) is 12.1. The van der Waals surface area contributed by atoms with Crippen molar-refractivity contribution in [3.63, 3.8) is 0 Å². The van der Waals surface area contributed by atoms with E-state index in [1.165, 1.54) is 24.3 Å². The molecule has 2 rings (SSSR count). The van der Waals surface area contributed by atoms with Crippen LogP contribution >= 0.6 is 0 Å². The molecule has 0 bridgehead atoms. The molecule has 22 heavy (non-hydrogen) atoms. The molecule has 7 heteroatoms. The van der Waals surface area contributed by atoms with Crippen LogP contribution < -0.4 is 5.32 Å². The lowest BCUT2D eigenvalue weighted by atomic mass is 10.2. The summed E-state index contributed by atoms with van der Waals surface area (Å²) in [7, 11) is -4.12. The minimum Gasteiger partial charge on any atom is -0.367 e. The minimum atomic E-state index is -4.12. The highest BCUT2D eigenvalue weighted by Gasteiger charge is 2.18. The summed E-state index contributed by atoms with van der Waals surface area (Å²) in [5.41, 5.74) is 0.403. The standard InChI is InChI=1S/C8H8O3S.C7H11NO2/c1-2-7-5-3-4-6-8(7)12(9,10)11;1-2-6(9)7-5-8-3-4-10-7/h2-6H,1H2,(H,9,10,11);2,7-8H,1,3-5H2. The van der Waals surface area contributed by atoms with Crippen LogP contribution in [0.5, 0.6) is 0 Å². The van der Waals surface area contributed by atoms with Gasteiger partial charge in [-0.2, -0.15) is 8.42 Å². The Balaban J connectivity index is 0.000000224. The van der Waals surface area contributed by atoms with Gasteiger partial charge < -0.3 is 10.1 Å². The second kappa shape index (κ2) is 8.60. The van der Waals surface area contributed by atoms with Gasteiger partial charge in [-0.05, 0) is 17.7 Å². The van der Waals surface area contributed by atoms with E-state index in [1.807, 2.05) is 0 Å². The second-order valence-electron chi connectivity index (χ2n) is 4.39. The van der Waals surface area contributed by atoms with E-state index >= 15 is 0 Å². The fraction of sp³-hybridized carbons (Fsp3) is 0.267. The fourth-order valence-electron chi connectivity index (χ4n) is 1.76. The molecule has 1 saturated heterocycles. The average Bonchev–Trinajstić information content (AvgIpc) is 2.54. The van der Waals surface area contributed by atoms with E-state index in [4.69, 9.17) is 9.29 Å². The van der Waals surface area contributed by atoms with Gasteiger partial charge in [-0.1, -0.05) is 37.4 Å². The molecule has 1 fully saturated rings. The molecule has 1 aromatic carbocycles. The lowest BCUT2D eigenvalue weighted by molar-refractivity contribution is -0.126. The molecule has 1 atom stereocenters. The molecule has 0 radical (unpaired) electrons. The number of carbonyl (C=O) groups excluding carboxylic acids is 1. The maximum Gasteiger partial charge on any atom is 0.295 e. The summed E-state index contributed by atoms with van der Waals surface area (Å²) >= 11 is 0. The highest BCUT2D eigenvalue weighted by Crippen LogP contribution is 2.15. The van der Waals surface area contributed by atoms with Gasteiger partial charge in [0.2, 0.25) is 0 Å². The van der Waals surface area contributed by atoms with Crippen LogP contribution in [-0.2, 0) is 19.6 Å². The predicted molar refractivity (Wildman–Crippen MR) is 84.2 cm³/mol. The highest BCUT2D eigenvalue weighted by atomic mass is 32.2. The number of ether oxygens (including phenoxy) is 1. The van der Waals surface area contributed by atoms with Crippen molar-refractivity contribution in [2.24, 2.45) is 0 Å². The Hall–Kier alpha value is -1.80. The number of carbonyl (C=O) groups is 1. The number of rotatable bonds is 4. The zero-order chi connectivity index (χ0) is 16.6. The van der Waals surface area contributed by atoms with Crippen molar-refractivity contribution in [3.8, 4) is 0 Å². The van der Waals surface area contributed by atoms with Crippen molar-refractivity contribution in [1.29, 1.82) is 0 Å². The first-order valence-corrected chi connectivity index (χ1v) is 8.01. The Bertz CT molecular complexity index is 633. The number of ketones is 1. The molecule has 2 N–H and O–H groups in total. The average molecular weight is 325 g/mol. The Kier molecular flexibility index (Phi) is 7.13. The van der Waals surface area contributed by atoms with Gasteiger partial charge in [0, 0.05) is 13.1 Å². The van der Waals surface area contributed by atoms with E-state index in [2.05, 4.69) is 18.5 Å². The molecule has 120 valence electrons. The summed E-state index contributed by atoms with van der Waals surface area (Å²) in [6.07, 6.45) is 2.38. The van der Waals surface area contributed by atoms with Crippen LogP contribution in [0.3, 0.4) is 0 Å². The zero-order valence-corrected chi connectivity index (χ0v) is 12.9. The largest absolute Gasteiger partial charge is 0.367 e. The van der Waals surface area contributed by atoms with E-state index in [0.717, 1.165) is 6.54 Å². The van der Waals surface area contributed by atoms with Gasteiger partial charge in [0.15, 0.2) is 5.78 Å². The molecule has 1 aromatic rings. The molecule has 0 spiro atoms. The van der Waals surface area contributed by atoms with Crippen LogP contribution in [0.1, 0.15) is 5.56 Å². The van der Waals surface area contributed by atoms with Crippen molar-refractivity contribution < 1.29 is 22.5 Å². The summed E-state index contributed by atoms with van der Waals surface area (Å²) in [6.45, 7) is 8.87. The van der Waals surface area contributed by atoms with Crippen LogP contribution in [-0.4, -0.2) is 44.6 Å². The van der Waals surface area contributed by atoms with Gasteiger partial charge in [0.1, 0.15) is 11.0 Å². The molecule has 1 heterocycles. The quantitative estimate of drug-likeness (QED) is 0.640. The number of morpholine rings is 1. The number of nitrogens with one attached hydrogen (secondary N) is 1. The molecule has 0 amide bonds. The second-order valence-corrected chi connectivity index (χ2v) is 5.78. The maximum absolute atomic E-state index is 10.9. The molecule has 0 saturated carbocycles. The summed E-state index contributed by atoms with van der Waals surface area (Å²) in [6, 6.07) is 6.10. The monoisotopic (exact) mass is 325 g/mol. The Morgan fingerprint density at radius 2 is 2.05 bits per heavy atom. The minimum absolute atomic E-state index is 0.0350. The van der Waals surface area contributed by atoms with Crippen molar-refractivity contribution in [3.05, 3.63) is 49.1 Å². The fourth-order valence-corrected chi connectivity index (χ4v) is 2.46. The molecule has 0 aliphatic carbocycles. The first-order valence-electron chi connectivity index (χ1n) is 6.57. The molecular formula is C15H19NO5S. The van der Waals surface area contributed by atoms with Gasteiger partial charge in [-0.3, -0.25) is 9.35 Å². The summed E-state index contributed by atoms with van der Waals surface area (Å²) < 4.78 is 35.3. The molecule has 1 unspecified atom stereocenters. The van der Waals surface area contributed by atoms with Gasteiger partial charge >= 0.3 is 0 Å². The van der Waals surface area contributed by atoms with Crippen LogP contribution in [0.25, 0.3) is 6.08 Å². The SMILES string of the molecule is C=CC(=O)C1CNCCO1.C=Cc1ccccc1S(=O)(=O)O. The number of hydrogen-bond acceptors (Lipinski definition) is 5. The number of benzene rings is 1. The maximum atomic E-state index is 10.9.